The fourth-order valence-corrected chi connectivity index (χ4v) is 17.7. The molecule has 0 bridgehead atoms. The largest absolute Gasteiger partial charge is 0.310 e. The van der Waals surface area contributed by atoms with Crippen LogP contribution in [0.4, 0.5) is 34.1 Å². The SMILES string of the molecule is Brc1cc2c(c3ccccc13)c1c3ccccc3c(Br)cc1n2-c1ccccc1.c1ccc(-c2ccc(N(c3ccccc3)c3cc4c(c5ccccc35)c3c5ccccc5c(N(c5ccccc5)c5ccc(-c6ccccc6)cc5)cc3n4-c3ccccc3)cc2)cc1.c1ccc(Cc2ccc(-c3ccccc3)cc2)cc1. The van der Waals surface area contributed by atoms with Crippen molar-refractivity contribution in [2.45, 2.75) is 6.42 Å². The molecule has 2 aromatic heterocycles. The van der Waals surface area contributed by atoms with Crippen molar-refractivity contribution < 1.29 is 0 Å². The summed E-state index contributed by atoms with van der Waals surface area (Å²) in [5.74, 6) is 0. The van der Waals surface area contributed by atoms with Gasteiger partial charge in [0.1, 0.15) is 0 Å². The number of rotatable bonds is 13. The number of para-hydroxylation sites is 4. The van der Waals surface area contributed by atoms with Gasteiger partial charge < -0.3 is 18.9 Å². The average Bonchev–Trinajstić information content (AvgIpc) is 1.56. The molecule has 0 spiro atoms. The van der Waals surface area contributed by atoms with Crippen LogP contribution in [-0.4, -0.2) is 9.13 Å². The Kier molecular flexibility index (Phi) is 19.2. The first-order valence-corrected chi connectivity index (χ1v) is 40.0. The molecule has 0 fully saturated rings. The molecule has 0 aliphatic rings. The van der Waals surface area contributed by atoms with Gasteiger partial charge in [0.15, 0.2) is 0 Å². The quantitative estimate of drug-likeness (QED) is 0.114. The summed E-state index contributed by atoms with van der Waals surface area (Å²) in [6.07, 6.45) is 0.996. The van der Waals surface area contributed by atoms with Crippen molar-refractivity contribution in [1.29, 1.82) is 0 Å². The zero-order chi connectivity index (χ0) is 75.6. The Balaban J connectivity index is 0.000000145. The van der Waals surface area contributed by atoms with Gasteiger partial charge in [-0.25, -0.2) is 0 Å². The summed E-state index contributed by atoms with van der Waals surface area (Å²) in [4.78, 5) is 4.84. The van der Waals surface area contributed by atoms with Gasteiger partial charge in [-0.2, -0.15) is 0 Å². The Morgan fingerprint density at radius 3 is 0.761 bits per heavy atom. The van der Waals surface area contributed by atoms with Crippen LogP contribution in [0.2, 0.25) is 0 Å². The van der Waals surface area contributed by atoms with Gasteiger partial charge in [-0.05, 0) is 180 Å². The van der Waals surface area contributed by atoms with Crippen LogP contribution in [-0.2, 0) is 6.42 Å². The van der Waals surface area contributed by atoms with Crippen molar-refractivity contribution in [1.82, 2.24) is 9.13 Å². The summed E-state index contributed by atoms with van der Waals surface area (Å²) >= 11 is 7.65. The normalized spacial score (nSPS) is 11.3. The minimum atomic E-state index is 0.996. The molecule has 21 rings (SSSR count). The first-order chi connectivity index (χ1) is 55.9. The number of hydrogen-bond donors (Lipinski definition) is 0. The summed E-state index contributed by atoms with van der Waals surface area (Å²) < 4.78 is 7.09. The number of fused-ring (bicyclic) bond motifs is 14. The van der Waals surface area contributed by atoms with Crippen molar-refractivity contribution in [3.63, 3.8) is 0 Å². The van der Waals surface area contributed by atoms with Crippen LogP contribution in [0.25, 0.3) is 131 Å². The standard InChI is InChI=1S/C62H43N3.C26H15Br2N.C19H16/c1-6-20-44(21-7-1)46-34-38-51(39-35-46)63(48-24-10-3-11-25-48)57-42-59-61(55-32-18-16-30-53(55)57)62-56-33-19-17-31-54(56)58(43-60(62)65(59)50-28-14-5-15-29-50)64(49-26-12-4-13-27-49)52-40-36-47(37-41-52)45-22-8-2-9-23-45;27-21-14-23-25(19-12-6-4-10-17(19)21)26-20-13-7-5-11-18(20)22(28)15-24(26)29(23)16-8-2-1-3-9-16;1-3-7-16(8-4-1)15-17-11-13-19(14-12-17)18-9-5-2-6-10-18/h1-43H;1-15H;1-14H,15H2. The summed E-state index contributed by atoms with van der Waals surface area (Å²) in [6.45, 7) is 0. The fraction of sp³-hybridized carbons (Fsp3) is 0.00935. The van der Waals surface area contributed by atoms with E-state index in [0.717, 1.165) is 71.9 Å². The van der Waals surface area contributed by atoms with E-state index in [4.69, 9.17) is 0 Å². The molecule has 0 radical (unpaired) electrons. The van der Waals surface area contributed by atoms with E-state index in [9.17, 15) is 0 Å². The highest BCUT2D eigenvalue weighted by molar-refractivity contribution is 9.11. The molecule has 0 N–H and O–H groups in total. The smallest absolute Gasteiger partial charge is 0.0568 e. The van der Waals surface area contributed by atoms with Gasteiger partial charge in [0.2, 0.25) is 0 Å². The maximum Gasteiger partial charge on any atom is 0.0568 e. The topological polar surface area (TPSA) is 16.3 Å². The summed E-state index contributed by atoms with van der Waals surface area (Å²) in [7, 11) is 0. The number of halogens is 2. The molecule has 536 valence electrons. The maximum atomic E-state index is 3.82. The van der Waals surface area contributed by atoms with Crippen LogP contribution in [0.15, 0.2) is 446 Å². The van der Waals surface area contributed by atoms with E-state index in [1.165, 1.54) is 120 Å². The van der Waals surface area contributed by atoms with E-state index in [1.54, 1.807) is 0 Å². The lowest BCUT2D eigenvalue weighted by atomic mass is 9.96. The number of nitrogens with zero attached hydrogens (tertiary/aromatic N) is 4. The number of anilines is 6. The second-order valence-electron chi connectivity index (χ2n) is 28.5. The molecule has 113 heavy (non-hydrogen) atoms. The molecule has 21 aromatic rings. The zero-order valence-electron chi connectivity index (χ0n) is 61.8. The Hall–Kier alpha value is -13.6. The molecule has 0 saturated heterocycles. The Morgan fingerprint density at radius 2 is 0.425 bits per heavy atom. The highest BCUT2D eigenvalue weighted by Gasteiger charge is 2.27. The van der Waals surface area contributed by atoms with Crippen molar-refractivity contribution in [2.24, 2.45) is 0 Å². The minimum absolute atomic E-state index is 0.996. The lowest BCUT2D eigenvalue weighted by Gasteiger charge is -2.27. The second kappa shape index (κ2) is 31.0. The monoisotopic (exact) mass is 1570 g/mol. The van der Waals surface area contributed by atoms with E-state index in [-0.39, 0.29) is 0 Å². The van der Waals surface area contributed by atoms with Crippen LogP contribution < -0.4 is 9.80 Å². The summed E-state index contributed by atoms with van der Waals surface area (Å²) in [5.41, 5.74) is 23.6. The van der Waals surface area contributed by atoms with E-state index >= 15 is 0 Å². The molecule has 6 heteroatoms. The number of benzene rings is 19. The predicted molar refractivity (Wildman–Crippen MR) is 488 cm³/mol. The summed E-state index contributed by atoms with van der Waals surface area (Å²) in [5, 5.41) is 14.8. The van der Waals surface area contributed by atoms with Crippen molar-refractivity contribution in [3.05, 3.63) is 457 Å². The molecule has 4 nitrogen and oxygen atoms in total. The van der Waals surface area contributed by atoms with Crippen molar-refractivity contribution in [3.8, 4) is 44.8 Å². The predicted octanol–water partition coefficient (Wildman–Crippen LogP) is 30.9. The van der Waals surface area contributed by atoms with Gasteiger partial charge in [-0.15, -0.1) is 0 Å². The van der Waals surface area contributed by atoms with Crippen LogP contribution >= 0.6 is 31.9 Å². The van der Waals surface area contributed by atoms with Crippen LogP contribution in [0.3, 0.4) is 0 Å². The summed E-state index contributed by atoms with van der Waals surface area (Å²) in [6, 6.07) is 157. The third-order valence-corrected chi connectivity index (χ3v) is 23.0. The lowest BCUT2D eigenvalue weighted by Crippen LogP contribution is -2.11. The molecule has 0 aliphatic carbocycles. The van der Waals surface area contributed by atoms with E-state index < -0.39 is 0 Å². The minimum Gasteiger partial charge on any atom is -0.310 e. The van der Waals surface area contributed by atoms with E-state index in [0.29, 0.717) is 0 Å². The highest BCUT2D eigenvalue weighted by atomic mass is 79.9. The fourth-order valence-electron chi connectivity index (χ4n) is 16.6. The molecule has 0 unspecified atom stereocenters. The molecule has 0 aliphatic heterocycles. The Labute approximate surface area is 674 Å². The van der Waals surface area contributed by atoms with Crippen LogP contribution in [0, 0.1) is 0 Å². The molecule has 0 saturated carbocycles. The highest BCUT2D eigenvalue weighted by Crippen LogP contribution is 2.51. The third kappa shape index (κ3) is 13.5. The molecule has 2 heterocycles. The molecule has 0 atom stereocenters. The van der Waals surface area contributed by atoms with Gasteiger partial charge in [-0.3, -0.25) is 0 Å². The van der Waals surface area contributed by atoms with Gasteiger partial charge in [0, 0.05) is 75.4 Å². The average molecular weight is 1580 g/mol. The first kappa shape index (κ1) is 69.8. The second-order valence-corrected chi connectivity index (χ2v) is 30.2. The number of hydrogen-bond acceptors (Lipinski definition) is 2. The first-order valence-electron chi connectivity index (χ1n) is 38.4. The van der Waals surface area contributed by atoms with Gasteiger partial charge in [0.05, 0.1) is 33.4 Å². The van der Waals surface area contributed by atoms with Crippen LogP contribution in [0.1, 0.15) is 11.1 Å². The van der Waals surface area contributed by atoms with E-state index in [2.05, 4.69) is 482 Å². The number of aromatic nitrogens is 2. The van der Waals surface area contributed by atoms with E-state index in [1.807, 2.05) is 6.07 Å². The molecular formula is C107H74Br2N4. The van der Waals surface area contributed by atoms with Gasteiger partial charge in [0.25, 0.3) is 0 Å². The maximum absolute atomic E-state index is 3.82. The third-order valence-electron chi connectivity index (χ3n) is 21.7. The van der Waals surface area contributed by atoms with Gasteiger partial charge in [-0.1, -0.05) is 372 Å². The van der Waals surface area contributed by atoms with Crippen molar-refractivity contribution in [2.75, 3.05) is 9.80 Å². The Morgan fingerprint density at radius 1 is 0.195 bits per heavy atom. The van der Waals surface area contributed by atoms with Crippen LogP contribution in [0.5, 0.6) is 0 Å². The van der Waals surface area contributed by atoms with Crippen molar-refractivity contribution >= 4 is 153 Å². The van der Waals surface area contributed by atoms with Gasteiger partial charge >= 0.3 is 0 Å². The molecule has 0 amide bonds. The molecular weight excluding hydrogens is 1500 g/mol. The lowest BCUT2D eigenvalue weighted by molar-refractivity contribution is 1.18. The Bertz CT molecular complexity index is 6640. The zero-order valence-corrected chi connectivity index (χ0v) is 65.0. The molecule has 19 aromatic carbocycles.